The quantitative estimate of drug-likeness (QED) is 0.746. The third-order valence-corrected chi connectivity index (χ3v) is 3.98. The number of hydrogen-bond donors (Lipinski definition) is 1. The summed E-state index contributed by atoms with van der Waals surface area (Å²) in [6.45, 7) is 2.05. The molecule has 0 radical (unpaired) electrons. The number of nitrogens with one attached hydrogen (secondary N) is 1. The number of anilines is 1. The first-order chi connectivity index (χ1) is 10.7. The number of rotatable bonds is 3. The minimum Gasteiger partial charge on any atom is -0.362 e. The molecular formula is C18H14ClN3. The van der Waals surface area contributed by atoms with Gasteiger partial charge in [-0.3, -0.25) is 0 Å². The Bertz CT molecular complexity index is 868. The van der Waals surface area contributed by atoms with Crippen molar-refractivity contribution in [1.29, 1.82) is 5.26 Å². The first kappa shape index (κ1) is 14.4. The molecule has 2 aromatic carbocycles. The normalized spacial score (nSPS) is 11.9. The first-order valence-corrected chi connectivity index (χ1v) is 7.37. The average Bonchev–Trinajstić information content (AvgIpc) is 2.56. The van der Waals surface area contributed by atoms with Crippen molar-refractivity contribution < 1.29 is 0 Å². The van der Waals surface area contributed by atoms with Crippen LogP contribution in [0.1, 0.15) is 24.1 Å². The van der Waals surface area contributed by atoms with E-state index in [0.717, 1.165) is 21.4 Å². The van der Waals surface area contributed by atoms with Crippen LogP contribution in [0.4, 0.5) is 5.82 Å². The van der Waals surface area contributed by atoms with Crippen LogP contribution in [0.2, 0.25) is 5.02 Å². The SMILES string of the molecule is CC(Nc1ncccc1C#N)c1ccc(Cl)c2ccccc12. The standard InChI is InChI=1S/C18H14ClN3/c1-12(22-18-13(11-20)5-4-10-21-18)14-8-9-17(19)16-7-3-2-6-15(14)16/h2-10,12H,1H3,(H,21,22). The highest BCUT2D eigenvalue weighted by Crippen LogP contribution is 2.31. The smallest absolute Gasteiger partial charge is 0.144 e. The summed E-state index contributed by atoms with van der Waals surface area (Å²) in [5, 5.41) is 15.3. The maximum Gasteiger partial charge on any atom is 0.144 e. The summed E-state index contributed by atoms with van der Waals surface area (Å²) < 4.78 is 0. The van der Waals surface area contributed by atoms with Gasteiger partial charge in [-0.1, -0.05) is 41.9 Å². The zero-order chi connectivity index (χ0) is 15.5. The van der Waals surface area contributed by atoms with Crippen molar-refractivity contribution in [1.82, 2.24) is 4.98 Å². The van der Waals surface area contributed by atoms with Gasteiger partial charge in [0.15, 0.2) is 0 Å². The maximum absolute atomic E-state index is 9.16. The molecule has 0 bridgehead atoms. The minimum absolute atomic E-state index is 0.00386. The fraction of sp³-hybridized carbons (Fsp3) is 0.111. The molecule has 0 aliphatic rings. The zero-order valence-corrected chi connectivity index (χ0v) is 12.8. The van der Waals surface area contributed by atoms with E-state index in [-0.39, 0.29) is 6.04 Å². The maximum atomic E-state index is 9.16. The number of hydrogen-bond acceptors (Lipinski definition) is 3. The van der Waals surface area contributed by atoms with Crippen LogP contribution in [0.5, 0.6) is 0 Å². The van der Waals surface area contributed by atoms with Crippen LogP contribution < -0.4 is 5.32 Å². The lowest BCUT2D eigenvalue weighted by atomic mass is 9.99. The molecule has 0 fully saturated rings. The van der Waals surface area contributed by atoms with Crippen molar-refractivity contribution >= 4 is 28.2 Å². The molecule has 1 heterocycles. The number of pyridine rings is 1. The lowest BCUT2D eigenvalue weighted by Gasteiger charge is -2.18. The van der Waals surface area contributed by atoms with E-state index in [1.807, 2.05) is 37.3 Å². The van der Waals surface area contributed by atoms with Crippen LogP contribution in [0, 0.1) is 11.3 Å². The van der Waals surface area contributed by atoms with Crippen molar-refractivity contribution in [2.45, 2.75) is 13.0 Å². The van der Waals surface area contributed by atoms with E-state index in [1.165, 1.54) is 0 Å². The third-order valence-electron chi connectivity index (χ3n) is 3.65. The molecule has 0 amide bonds. The second kappa shape index (κ2) is 6.05. The Morgan fingerprint density at radius 2 is 1.86 bits per heavy atom. The Hall–Kier alpha value is -2.57. The molecule has 3 nitrogen and oxygen atoms in total. The van der Waals surface area contributed by atoms with Gasteiger partial charge in [-0.05, 0) is 36.1 Å². The molecule has 1 atom stereocenters. The van der Waals surface area contributed by atoms with Gasteiger partial charge >= 0.3 is 0 Å². The summed E-state index contributed by atoms with van der Waals surface area (Å²) in [4.78, 5) is 4.25. The van der Waals surface area contributed by atoms with Gasteiger partial charge in [-0.2, -0.15) is 5.26 Å². The molecular weight excluding hydrogens is 294 g/mol. The molecule has 22 heavy (non-hydrogen) atoms. The monoisotopic (exact) mass is 307 g/mol. The van der Waals surface area contributed by atoms with Gasteiger partial charge in [0.2, 0.25) is 0 Å². The van der Waals surface area contributed by atoms with Gasteiger partial charge in [0.05, 0.1) is 11.6 Å². The van der Waals surface area contributed by atoms with Crippen molar-refractivity contribution in [2.24, 2.45) is 0 Å². The second-order valence-electron chi connectivity index (χ2n) is 5.06. The van der Waals surface area contributed by atoms with E-state index in [9.17, 15) is 0 Å². The molecule has 1 aromatic heterocycles. The average molecular weight is 308 g/mol. The summed E-state index contributed by atoms with van der Waals surface area (Å²) in [5.74, 6) is 0.594. The molecule has 0 saturated heterocycles. The summed E-state index contributed by atoms with van der Waals surface area (Å²) in [6, 6.07) is 17.6. The minimum atomic E-state index is 0.00386. The molecule has 0 aliphatic heterocycles. The van der Waals surface area contributed by atoms with Crippen molar-refractivity contribution in [3.05, 3.63) is 70.9 Å². The van der Waals surface area contributed by atoms with Crippen molar-refractivity contribution in [3.8, 4) is 6.07 Å². The van der Waals surface area contributed by atoms with Crippen LogP contribution in [0.15, 0.2) is 54.7 Å². The topological polar surface area (TPSA) is 48.7 Å². The summed E-state index contributed by atoms with van der Waals surface area (Å²) >= 11 is 6.27. The van der Waals surface area contributed by atoms with Crippen LogP contribution in [-0.4, -0.2) is 4.98 Å². The number of aromatic nitrogens is 1. The van der Waals surface area contributed by atoms with Crippen molar-refractivity contribution in [3.63, 3.8) is 0 Å². The molecule has 108 valence electrons. The Labute approximate surface area is 134 Å². The lowest BCUT2D eigenvalue weighted by Crippen LogP contribution is -2.09. The molecule has 3 aromatic rings. The Morgan fingerprint density at radius 3 is 2.64 bits per heavy atom. The van der Waals surface area contributed by atoms with E-state index in [2.05, 4.69) is 22.4 Å². The lowest BCUT2D eigenvalue weighted by molar-refractivity contribution is 0.882. The second-order valence-corrected chi connectivity index (χ2v) is 5.47. The highest BCUT2D eigenvalue weighted by molar-refractivity contribution is 6.35. The molecule has 3 rings (SSSR count). The summed E-state index contributed by atoms with van der Waals surface area (Å²) in [5.41, 5.74) is 1.65. The van der Waals surface area contributed by atoms with Gasteiger partial charge in [-0.15, -0.1) is 0 Å². The van der Waals surface area contributed by atoms with E-state index in [1.54, 1.807) is 18.3 Å². The van der Waals surface area contributed by atoms with Gasteiger partial charge in [0.25, 0.3) is 0 Å². The van der Waals surface area contributed by atoms with E-state index in [4.69, 9.17) is 16.9 Å². The van der Waals surface area contributed by atoms with Gasteiger partial charge in [-0.25, -0.2) is 4.98 Å². The van der Waals surface area contributed by atoms with Gasteiger partial charge < -0.3 is 5.32 Å². The fourth-order valence-electron chi connectivity index (χ4n) is 2.56. The zero-order valence-electron chi connectivity index (χ0n) is 12.0. The van der Waals surface area contributed by atoms with Crippen molar-refractivity contribution in [2.75, 3.05) is 5.32 Å². The Kier molecular flexibility index (Phi) is 3.95. The predicted molar refractivity (Wildman–Crippen MR) is 89.9 cm³/mol. The molecule has 0 spiro atoms. The van der Waals surface area contributed by atoms with Gasteiger partial charge in [0, 0.05) is 16.6 Å². The van der Waals surface area contributed by atoms with E-state index in [0.29, 0.717) is 11.4 Å². The first-order valence-electron chi connectivity index (χ1n) is 6.99. The number of benzene rings is 2. The highest BCUT2D eigenvalue weighted by Gasteiger charge is 2.13. The van der Waals surface area contributed by atoms with Crippen LogP contribution in [0.25, 0.3) is 10.8 Å². The number of halogens is 1. The van der Waals surface area contributed by atoms with Gasteiger partial charge in [0.1, 0.15) is 11.9 Å². The van der Waals surface area contributed by atoms with Crippen LogP contribution >= 0.6 is 11.6 Å². The Balaban J connectivity index is 2.01. The molecule has 4 heteroatoms. The predicted octanol–water partition coefficient (Wildman–Crippen LogP) is 4.93. The molecule has 0 saturated carbocycles. The largest absolute Gasteiger partial charge is 0.362 e. The number of nitriles is 1. The fourth-order valence-corrected chi connectivity index (χ4v) is 2.78. The number of fused-ring (bicyclic) bond motifs is 1. The summed E-state index contributed by atoms with van der Waals surface area (Å²) in [6.07, 6.45) is 1.68. The van der Waals surface area contributed by atoms with Crippen LogP contribution in [0.3, 0.4) is 0 Å². The van der Waals surface area contributed by atoms with E-state index < -0.39 is 0 Å². The summed E-state index contributed by atoms with van der Waals surface area (Å²) in [7, 11) is 0. The highest BCUT2D eigenvalue weighted by atomic mass is 35.5. The molecule has 1 N–H and O–H groups in total. The number of nitrogens with zero attached hydrogens (tertiary/aromatic N) is 2. The van der Waals surface area contributed by atoms with E-state index >= 15 is 0 Å². The van der Waals surface area contributed by atoms with Crippen LogP contribution in [-0.2, 0) is 0 Å². The molecule has 1 unspecified atom stereocenters. The molecule has 0 aliphatic carbocycles. The Morgan fingerprint density at radius 1 is 1.09 bits per heavy atom. The third kappa shape index (κ3) is 2.61.